The van der Waals surface area contributed by atoms with Crippen LogP contribution in [-0.2, 0) is 0 Å². The van der Waals surface area contributed by atoms with E-state index in [2.05, 4.69) is 31.9 Å². The smallest absolute Gasteiger partial charge is 0.289 e. The average molecular weight is 381 g/mol. The van der Waals surface area contributed by atoms with Crippen molar-refractivity contribution in [1.29, 1.82) is 0 Å². The number of aliphatic hydroxyl groups excluding tert-OH is 1. The zero-order chi connectivity index (χ0) is 11.6. The molecule has 0 amide bonds. The number of aliphatic hydroxyl groups is 1. The molecule has 0 bridgehead atoms. The normalized spacial score (nSPS) is 13.1. The quantitative estimate of drug-likeness (QED) is 0.844. The Bertz CT molecular complexity index is 345. The summed E-state index contributed by atoms with van der Waals surface area (Å²) >= 11 is 6.35. The molecular formula is C9H10Br2ClF2NO. The molecule has 0 spiro atoms. The summed E-state index contributed by atoms with van der Waals surface area (Å²) in [5.41, 5.74) is 5.63. The maximum Gasteiger partial charge on any atom is 0.289 e. The maximum atomic E-state index is 13.1. The highest BCUT2D eigenvalue weighted by Crippen LogP contribution is 2.32. The van der Waals surface area contributed by atoms with Crippen LogP contribution in [0.1, 0.15) is 11.6 Å². The van der Waals surface area contributed by atoms with E-state index in [9.17, 15) is 8.78 Å². The van der Waals surface area contributed by atoms with Crippen molar-refractivity contribution in [2.45, 2.75) is 12.0 Å². The van der Waals surface area contributed by atoms with Gasteiger partial charge in [0.05, 0.1) is 6.04 Å². The first-order valence-electron chi connectivity index (χ1n) is 4.07. The third-order valence-corrected chi connectivity index (χ3v) is 2.83. The summed E-state index contributed by atoms with van der Waals surface area (Å²) in [6.45, 7) is -1.27. The summed E-state index contributed by atoms with van der Waals surface area (Å²) in [5, 5.41) is 8.51. The minimum absolute atomic E-state index is 0. The number of hydrogen-bond donors (Lipinski definition) is 2. The topological polar surface area (TPSA) is 46.2 Å². The van der Waals surface area contributed by atoms with Gasteiger partial charge in [0.1, 0.15) is 6.61 Å². The summed E-state index contributed by atoms with van der Waals surface area (Å²) in [4.78, 5) is 0. The van der Waals surface area contributed by atoms with Crippen molar-refractivity contribution in [2.24, 2.45) is 5.73 Å². The molecule has 0 fully saturated rings. The van der Waals surface area contributed by atoms with Crippen molar-refractivity contribution in [1.82, 2.24) is 0 Å². The molecule has 0 unspecified atom stereocenters. The SMILES string of the molecule is Cl.N[C@@H](c1cc(Br)cc(Br)c1)C(F)(F)CO. The first kappa shape index (κ1) is 16.2. The fraction of sp³-hybridized carbons (Fsp3) is 0.333. The van der Waals surface area contributed by atoms with E-state index in [1.807, 2.05) is 0 Å². The Labute approximate surface area is 115 Å². The van der Waals surface area contributed by atoms with Crippen molar-refractivity contribution in [3.05, 3.63) is 32.7 Å². The van der Waals surface area contributed by atoms with Crippen LogP contribution >= 0.6 is 44.3 Å². The Morgan fingerprint density at radius 1 is 1.25 bits per heavy atom. The number of benzene rings is 1. The Balaban J connectivity index is 0.00000225. The lowest BCUT2D eigenvalue weighted by Gasteiger charge is -2.22. The van der Waals surface area contributed by atoms with E-state index < -0.39 is 18.6 Å². The molecular weight excluding hydrogens is 371 g/mol. The molecule has 0 radical (unpaired) electrons. The van der Waals surface area contributed by atoms with E-state index in [4.69, 9.17) is 10.8 Å². The number of alkyl halides is 2. The fourth-order valence-corrected chi connectivity index (χ4v) is 2.43. The van der Waals surface area contributed by atoms with E-state index in [1.54, 1.807) is 6.07 Å². The third-order valence-electron chi connectivity index (χ3n) is 1.91. The van der Waals surface area contributed by atoms with Crippen molar-refractivity contribution >= 4 is 44.3 Å². The molecule has 1 aromatic carbocycles. The molecule has 0 aromatic heterocycles. The van der Waals surface area contributed by atoms with E-state index in [0.29, 0.717) is 8.95 Å². The molecule has 0 saturated heterocycles. The van der Waals surface area contributed by atoms with Gasteiger partial charge >= 0.3 is 0 Å². The zero-order valence-corrected chi connectivity index (χ0v) is 11.9. The van der Waals surface area contributed by atoms with Crippen LogP contribution in [0.25, 0.3) is 0 Å². The largest absolute Gasteiger partial charge is 0.390 e. The minimum Gasteiger partial charge on any atom is -0.390 e. The summed E-state index contributed by atoms with van der Waals surface area (Å²) in [5.74, 6) is -3.32. The first-order chi connectivity index (χ1) is 6.86. The van der Waals surface area contributed by atoms with Crippen LogP contribution in [0, 0.1) is 0 Å². The van der Waals surface area contributed by atoms with Gasteiger partial charge in [0.25, 0.3) is 5.92 Å². The van der Waals surface area contributed by atoms with Gasteiger partial charge in [-0.15, -0.1) is 12.4 Å². The molecule has 7 heteroatoms. The molecule has 0 aliphatic rings. The lowest BCUT2D eigenvalue weighted by Crippen LogP contribution is -2.36. The van der Waals surface area contributed by atoms with Gasteiger partial charge in [-0.3, -0.25) is 0 Å². The summed E-state index contributed by atoms with van der Waals surface area (Å²) < 4.78 is 27.5. The van der Waals surface area contributed by atoms with Gasteiger partial charge in [0, 0.05) is 8.95 Å². The van der Waals surface area contributed by atoms with E-state index in [1.165, 1.54) is 12.1 Å². The summed E-state index contributed by atoms with van der Waals surface area (Å²) in [6, 6.07) is 3.20. The molecule has 0 heterocycles. The van der Waals surface area contributed by atoms with E-state index in [-0.39, 0.29) is 18.0 Å². The van der Waals surface area contributed by atoms with Crippen LogP contribution in [0.2, 0.25) is 0 Å². The predicted molar refractivity (Wildman–Crippen MR) is 68.1 cm³/mol. The zero-order valence-electron chi connectivity index (χ0n) is 7.96. The van der Waals surface area contributed by atoms with E-state index >= 15 is 0 Å². The fourth-order valence-electron chi connectivity index (χ4n) is 1.10. The number of hydrogen-bond acceptors (Lipinski definition) is 2. The Morgan fingerprint density at radius 3 is 2.06 bits per heavy atom. The molecule has 1 aromatic rings. The predicted octanol–water partition coefficient (Wildman–Crippen LogP) is 3.26. The van der Waals surface area contributed by atoms with Crippen molar-refractivity contribution in [3.63, 3.8) is 0 Å². The second-order valence-corrected chi connectivity index (χ2v) is 4.93. The van der Waals surface area contributed by atoms with E-state index in [0.717, 1.165) is 0 Å². The second-order valence-electron chi connectivity index (χ2n) is 3.10. The van der Waals surface area contributed by atoms with Gasteiger partial charge in [-0.05, 0) is 23.8 Å². The van der Waals surface area contributed by atoms with Crippen LogP contribution in [0.5, 0.6) is 0 Å². The number of rotatable bonds is 3. The highest BCUT2D eigenvalue weighted by atomic mass is 79.9. The molecule has 16 heavy (non-hydrogen) atoms. The van der Waals surface area contributed by atoms with Gasteiger partial charge in [0.15, 0.2) is 0 Å². The standard InChI is InChI=1S/C9H9Br2F2NO.ClH/c10-6-1-5(2-7(11)3-6)8(14)9(12,13)4-15;/h1-3,8,15H,4,14H2;1H/t8-;/m0./s1. The van der Waals surface area contributed by atoms with Gasteiger partial charge in [-0.1, -0.05) is 31.9 Å². The van der Waals surface area contributed by atoms with Gasteiger partial charge in [-0.2, -0.15) is 0 Å². The van der Waals surface area contributed by atoms with Gasteiger partial charge < -0.3 is 10.8 Å². The highest BCUT2D eigenvalue weighted by molar-refractivity contribution is 9.11. The minimum atomic E-state index is -3.32. The first-order valence-corrected chi connectivity index (χ1v) is 5.65. The van der Waals surface area contributed by atoms with Crippen LogP contribution < -0.4 is 5.73 Å². The highest BCUT2D eigenvalue weighted by Gasteiger charge is 2.37. The summed E-state index contributed by atoms with van der Waals surface area (Å²) in [7, 11) is 0. The molecule has 0 saturated carbocycles. The lowest BCUT2D eigenvalue weighted by atomic mass is 10.0. The average Bonchev–Trinajstić information content (AvgIpc) is 2.15. The Hall–Kier alpha value is 0.250. The molecule has 3 N–H and O–H groups in total. The summed E-state index contributed by atoms with van der Waals surface area (Å²) in [6.07, 6.45) is 0. The molecule has 2 nitrogen and oxygen atoms in total. The third kappa shape index (κ3) is 3.92. The van der Waals surface area contributed by atoms with Gasteiger partial charge in [-0.25, -0.2) is 8.78 Å². The van der Waals surface area contributed by atoms with Crippen molar-refractivity contribution < 1.29 is 13.9 Å². The van der Waals surface area contributed by atoms with Crippen LogP contribution in [0.4, 0.5) is 8.78 Å². The van der Waals surface area contributed by atoms with Crippen molar-refractivity contribution in [2.75, 3.05) is 6.61 Å². The van der Waals surface area contributed by atoms with Gasteiger partial charge in [0.2, 0.25) is 0 Å². The molecule has 0 aliphatic heterocycles. The molecule has 1 rings (SSSR count). The second kappa shape index (κ2) is 6.26. The van der Waals surface area contributed by atoms with Crippen molar-refractivity contribution in [3.8, 4) is 0 Å². The Morgan fingerprint density at radius 2 is 1.69 bits per heavy atom. The Kier molecular flexibility index (Phi) is 6.35. The lowest BCUT2D eigenvalue weighted by molar-refractivity contribution is -0.0712. The van der Waals surface area contributed by atoms with Crippen LogP contribution in [0.3, 0.4) is 0 Å². The van der Waals surface area contributed by atoms with Crippen LogP contribution in [-0.4, -0.2) is 17.6 Å². The molecule has 0 aliphatic carbocycles. The number of halogens is 5. The van der Waals surface area contributed by atoms with Crippen LogP contribution in [0.15, 0.2) is 27.1 Å². The molecule has 92 valence electrons. The number of nitrogens with two attached hydrogens (primary N) is 1. The monoisotopic (exact) mass is 379 g/mol. The maximum absolute atomic E-state index is 13.1. The molecule has 1 atom stereocenters.